The molecule has 20 heavy (non-hydrogen) atoms. The van der Waals surface area contributed by atoms with Gasteiger partial charge in [0.25, 0.3) is 0 Å². The number of hydrogen-bond donors (Lipinski definition) is 3. The minimum atomic E-state index is -4.52. The van der Waals surface area contributed by atoms with E-state index in [1.54, 1.807) is 0 Å². The van der Waals surface area contributed by atoms with Crippen LogP contribution in [0.25, 0.3) is 0 Å². The quantitative estimate of drug-likeness (QED) is 0.791. The Kier molecular flexibility index (Phi) is 4.95. The van der Waals surface area contributed by atoms with Crippen molar-refractivity contribution in [2.45, 2.75) is 12.1 Å². The van der Waals surface area contributed by atoms with Gasteiger partial charge in [0.1, 0.15) is 0 Å². The molecule has 0 aliphatic heterocycles. The molecule has 1 atom stereocenters. The summed E-state index contributed by atoms with van der Waals surface area (Å²) in [6.07, 6.45) is -5.88. The second-order valence-electron chi connectivity index (χ2n) is 3.98. The fraction of sp³-hybridized carbons (Fsp3) is 0.333. The van der Waals surface area contributed by atoms with Crippen LogP contribution in [0.5, 0.6) is 0 Å². The number of benzene rings is 1. The summed E-state index contributed by atoms with van der Waals surface area (Å²) in [5.41, 5.74) is -0.799. The average molecular weight is 290 g/mol. The number of carboxylic acid groups (broad SMARTS) is 1. The summed E-state index contributed by atoms with van der Waals surface area (Å²) >= 11 is 0. The highest BCUT2D eigenvalue weighted by atomic mass is 19.4. The molecule has 8 heteroatoms. The fourth-order valence-corrected chi connectivity index (χ4v) is 1.66. The van der Waals surface area contributed by atoms with E-state index in [9.17, 15) is 22.8 Å². The highest BCUT2D eigenvalue weighted by Gasteiger charge is 2.31. The number of nitrogens with one attached hydrogen (secondary N) is 2. The first-order valence-corrected chi connectivity index (χ1v) is 5.61. The molecule has 110 valence electrons. The van der Waals surface area contributed by atoms with E-state index < -0.39 is 29.7 Å². The molecule has 0 aliphatic rings. The summed E-state index contributed by atoms with van der Waals surface area (Å²) in [5.74, 6) is -1.60. The Hall–Kier alpha value is -2.25. The number of halogens is 3. The van der Waals surface area contributed by atoms with Crippen LogP contribution in [0.2, 0.25) is 0 Å². The van der Waals surface area contributed by atoms with Gasteiger partial charge in [-0.05, 0) is 11.6 Å². The molecule has 0 spiro atoms. The van der Waals surface area contributed by atoms with Crippen molar-refractivity contribution in [1.29, 1.82) is 0 Å². The van der Waals surface area contributed by atoms with Crippen LogP contribution < -0.4 is 10.6 Å². The first-order valence-electron chi connectivity index (χ1n) is 5.61. The monoisotopic (exact) mass is 290 g/mol. The van der Waals surface area contributed by atoms with Crippen molar-refractivity contribution in [1.82, 2.24) is 10.6 Å². The van der Waals surface area contributed by atoms with Crippen LogP contribution in [0.4, 0.5) is 18.0 Å². The second kappa shape index (κ2) is 6.27. The molecule has 1 rings (SSSR count). The molecular formula is C12H13F3N2O3. The van der Waals surface area contributed by atoms with Crippen molar-refractivity contribution in [3.05, 3.63) is 35.4 Å². The zero-order valence-corrected chi connectivity index (χ0v) is 10.5. The number of likely N-dealkylation sites (N-methyl/N-ethyl adjacent to an activating group) is 1. The van der Waals surface area contributed by atoms with E-state index in [2.05, 4.69) is 5.32 Å². The summed E-state index contributed by atoms with van der Waals surface area (Å²) in [4.78, 5) is 22.1. The highest BCUT2D eigenvalue weighted by molar-refractivity contribution is 5.84. The molecule has 0 saturated heterocycles. The summed E-state index contributed by atoms with van der Waals surface area (Å²) in [7, 11) is 1.32. The molecule has 0 fully saturated rings. The van der Waals surface area contributed by atoms with Gasteiger partial charge in [-0.3, -0.25) is 4.79 Å². The van der Waals surface area contributed by atoms with Crippen LogP contribution in [-0.2, 0) is 11.0 Å². The van der Waals surface area contributed by atoms with Gasteiger partial charge in [-0.25, -0.2) is 4.79 Å². The maximum atomic E-state index is 12.6. The molecule has 2 amide bonds. The zero-order valence-electron chi connectivity index (χ0n) is 10.5. The Morgan fingerprint density at radius 1 is 1.35 bits per heavy atom. The largest absolute Gasteiger partial charge is 0.465 e. The zero-order chi connectivity index (χ0) is 15.3. The minimum absolute atomic E-state index is 0.0907. The number of alkyl halides is 3. The molecular weight excluding hydrogens is 277 g/mol. The van der Waals surface area contributed by atoms with E-state index in [1.165, 1.54) is 19.2 Å². The predicted octanol–water partition coefficient (Wildman–Crippen LogP) is 1.80. The predicted molar refractivity (Wildman–Crippen MR) is 64.3 cm³/mol. The van der Waals surface area contributed by atoms with Crippen molar-refractivity contribution in [3.63, 3.8) is 0 Å². The van der Waals surface area contributed by atoms with Crippen molar-refractivity contribution in [2.24, 2.45) is 0 Å². The Labute approximate surface area is 112 Å². The van der Waals surface area contributed by atoms with Gasteiger partial charge in [0.05, 0.1) is 11.5 Å². The van der Waals surface area contributed by atoms with Crippen molar-refractivity contribution in [3.8, 4) is 0 Å². The van der Waals surface area contributed by atoms with Crippen LogP contribution in [-0.4, -0.2) is 30.7 Å². The molecule has 0 aliphatic carbocycles. The van der Waals surface area contributed by atoms with Crippen LogP contribution in [0, 0.1) is 0 Å². The third-order valence-electron chi connectivity index (χ3n) is 2.64. The van der Waals surface area contributed by atoms with Crippen molar-refractivity contribution >= 4 is 12.0 Å². The molecule has 1 aromatic rings. The first-order chi connectivity index (χ1) is 9.25. The molecule has 0 unspecified atom stereocenters. The highest BCUT2D eigenvalue weighted by Crippen LogP contribution is 2.31. The molecule has 5 nitrogen and oxygen atoms in total. The summed E-state index contributed by atoms with van der Waals surface area (Å²) in [6.45, 7) is -0.309. The molecule has 0 heterocycles. The van der Waals surface area contributed by atoms with Crippen LogP contribution in [0.3, 0.4) is 0 Å². The standard InChI is InChI=1S/C12H13F3N2O3/c1-16-10(18)9(6-17-11(19)20)7-3-2-4-8(5-7)12(13,14)15/h2-5,9,17H,6H2,1H3,(H,16,18)(H,19,20)/t9-/m0/s1. The smallest absolute Gasteiger partial charge is 0.416 e. The van der Waals surface area contributed by atoms with Gasteiger partial charge in [-0.2, -0.15) is 13.2 Å². The maximum absolute atomic E-state index is 12.6. The molecule has 0 radical (unpaired) electrons. The fourth-order valence-electron chi connectivity index (χ4n) is 1.66. The SMILES string of the molecule is CNC(=O)[C@@H](CNC(=O)O)c1cccc(C(F)(F)F)c1. The van der Waals surface area contributed by atoms with E-state index in [4.69, 9.17) is 5.11 Å². The number of carbonyl (C=O) groups excluding carboxylic acids is 1. The van der Waals surface area contributed by atoms with Gasteiger partial charge in [0.2, 0.25) is 5.91 Å². The van der Waals surface area contributed by atoms with Gasteiger partial charge >= 0.3 is 12.3 Å². The summed E-state index contributed by atoms with van der Waals surface area (Å²) < 4.78 is 37.9. The average Bonchev–Trinajstić information content (AvgIpc) is 2.37. The third kappa shape index (κ3) is 4.15. The van der Waals surface area contributed by atoms with Crippen LogP contribution in [0.1, 0.15) is 17.0 Å². The van der Waals surface area contributed by atoms with E-state index in [0.29, 0.717) is 0 Å². The Morgan fingerprint density at radius 2 is 2.00 bits per heavy atom. The van der Waals surface area contributed by atoms with E-state index in [1.807, 2.05) is 5.32 Å². The van der Waals surface area contributed by atoms with Crippen LogP contribution in [0.15, 0.2) is 24.3 Å². The molecule has 1 aromatic carbocycles. The Morgan fingerprint density at radius 3 is 2.50 bits per heavy atom. The Bertz CT molecular complexity index is 503. The normalized spacial score (nSPS) is 12.6. The van der Waals surface area contributed by atoms with Crippen molar-refractivity contribution in [2.75, 3.05) is 13.6 Å². The number of carbonyl (C=O) groups is 2. The molecule has 0 bridgehead atoms. The molecule has 0 saturated carbocycles. The van der Waals surface area contributed by atoms with Crippen molar-refractivity contribution < 1.29 is 27.9 Å². The van der Waals surface area contributed by atoms with Gasteiger partial charge in [0, 0.05) is 13.6 Å². The number of rotatable bonds is 4. The van der Waals surface area contributed by atoms with Gasteiger partial charge in [0.15, 0.2) is 0 Å². The first kappa shape index (κ1) is 15.8. The topological polar surface area (TPSA) is 78.4 Å². The lowest BCUT2D eigenvalue weighted by Crippen LogP contribution is -2.35. The summed E-state index contributed by atoms with van der Waals surface area (Å²) in [6, 6.07) is 4.24. The van der Waals surface area contributed by atoms with Gasteiger partial charge in [-0.15, -0.1) is 0 Å². The minimum Gasteiger partial charge on any atom is -0.465 e. The van der Waals surface area contributed by atoms with Gasteiger partial charge < -0.3 is 15.7 Å². The Balaban J connectivity index is 3.07. The van der Waals surface area contributed by atoms with Crippen LogP contribution >= 0.6 is 0 Å². The third-order valence-corrected chi connectivity index (χ3v) is 2.64. The van der Waals surface area contributed by atoms with Gasteiger partial charge in [-0.1, -0.05) is 18.2 Å². The summed E-state index contributed by atoms with van der Waals surface area (Å²) in [5, 5.41) is 12.8. The lowest BCUT2D eigenvalue weighted by atomic mass is 9.96. The molecule has 0 aromatic heterocycles. The number of amides is 2. The maximum Gasteiger partial charge on any atom is 0.416 e. The van der Waals surface area contributed by atoms with E-state index in [-0.39, 0.29) is 12.1 Å². The number of hydrogen-bond acceptors (Lipinski definition) is 2. The lowest BCUT2D eigenvalue weighted by Gasteiger charge is -2.17. The van der Waals surface area contributed by atoms with E-state index in [0.717, 1.165) is 12.1 Å². The molecule has 3 N–H and O–H groups in total. The lowest BCUT2D eigenvalue weighted by molar-refractivity contribution is -0.137. The second-order valence-corrected chi connectivity index (χ2v) is 3.98. The van der Waals surface area contributed by atoms with E-state index >= 15 is 0 Å².